The van der Waals surface area contributed by atoms with Crippen LogP contribution in [0.1, 0.15) is 25.8 Å². The summed E-state index contributed by atoms with van der Waals surface area (Å²) >= 11 is 3.01. The summed E-state index contributed by atoms with van der Waals surface area (Å²) in [4.78, 5) is 12.2. The van der Waals surface area contributed by atoms with Crippen molar-refractivity contribution in [2.24, 2.45) is 0 Å². The molecule has 3 nitrogen and oxygen atoms in total. The Hall–Kier alpha value is -1.24. The van der Waals surface area contributed by atoms with Gasteiger partial charge in [0.15, 0.2) is 0 Å². The molecule has 20 heavy (non-hydrogen) atoms. The predicted molar refractivity (Wildman–Crippen MR) is 73.9 cm³/mol. The van der Waals surface area contributed by atoms with E-state index < -0.39 is 24.3 Å². The molecule has 0 bridgehead atoms. The predicted octanol–water partition coefficient (Wildman–Crippen LogP) is 4.16. The van der Waals surface area contributed by atoms with Gasteiger partial charge < -0.3 is 10.0 Å². The van der Waals surface area contributed by atoms with Gasteiger partial charge in [-0.15, -0.1) is 0 Å². The Kier molecular flexibility index (Phi) is 5.44. The highest BCUT2D eigenvalue weighted by Gasteiger charge is 2.36. The molecule has 1 N–H and O–H groups in total. The molecule has 0 saturated heterocycles. The van der Waals surface area contributed by atoms with Crippen LogP contribution in [0.15, 0.2) is 22.7 Å². The summed E-state index contributed by atoms with van der Waals surface area (Å²) in [6, 6.07) is 3.42. The Balaban J connectivity index is 3.35. The van der Waals surface area contributed by atoms with E-state index in [1.54, 1.807) is 13.8 Å². The van der Waals surface area contributed by atoms with Crippen LogP contribution in [-0.2, 0) is 11.0 Å². The van der Waals surface area contributed by atoms with Crippen LogP contribution in [0.4, 0.5) is 18.9 Å². The first-order valence-electron chi connectivity index (χ1n) is 6.02. The second-order valence-corrected chi connectivity index (χ2v) is 5.35. The Labute approximate surface area is 123 Å². The molecule has 1 atom stereocenters. The second kappa shape index (κ2) is 6.47. The average Bonchev–Trinajstić information content (AvgIpc) is 2.34. The standard InChI is InChI=1S/C13H15BrF3NO2/c1-3-8(2)18(7-12(19)20)11-5-4-9(14)6-10(11)13(15,16)17/h4-6,8H,3,7H2,1-2H3,(H,19,20). The molecule has 1 rings (SSSR count). The van der Waals surface area contributed by atoms with Crippen molar-refractivity contribution in [2.75, 3.05) is 11.4 Å². The van der Waals surface area contributed by atoms with E-state index in [-0.39, 0.29) is 11.7 Å². The topological polar surface area (TPSA) is 40.5 Å². The molecule has 0 spiro atoms. The van der Waals surface area contributed by atoms with Crippen molar-refractivity contribution in [3.05, 3.63) is 28.2 Å². The lowest BCUT2D eigenvalue weighted by atomic mass is 10.1. The van der Waals surface area contributed by atoms with Crippen molar-refractivity contribution >= 4 is 27.6 Å². The van der Waals surface area contributed by atoms with Gasteiger partial charge in [-0.3, -0.25) is 4.79 Å². The zero-order chi connectivity index (χ0) is 15.5. The number of benzene rings is 1. The summed E-state index contributed by atoms with van der Waals surface area (Å²) in [5, 5.41) is 8.91. The number of aliphatic carboxylic acids is 1. The summed E-state index contributed by atoms with van der Waals surface area (Å²) in [6.07, 6.45) is -4.00. The number of alkyl halides is 3. The number of carboxylic acid groups (broad SMARTS) is 1. The van der Waals surface area contributed by atoms with Gasteiger partial charge in [0.25, 0.3) is 0 Å². The van der Waals surface area contributed by atoms with Crippen LogP contribution in [0.5, 0.6) is 0 Å². The first-order chi connectivity index (χ1) is 9.16. The zero-order valence-corrected chi connectivity index (χ0v) is 12.6. The highest BCUT2D eigenvalue weighted by molar-refractivity contribution is 9.10. The van der Waals surface area contributed by atoms with Crippen LogP contribution in [-0.4, -0.2) is 23.7 Å². The monoisotopic (exact) mass is 353 g/mol. The molecule has 0 aromatic heterocycles. The number of anilines is 1. The fourth-order valence-electron chi connectivity index (χ4n) is 1.83. The van der Waals surface area contributed by atoms with Gasteiger partial charge in [-0.2, -0.15) is 13.2 Å². The molecular formula is C13H15BrF3NO2. The first kappa shape index (κ1) is 16.8. The van der Waals surface area contributed by atoms with Gasteiger partial charge >= 0.3 is 12.1 Å². The normalized spacial score (nSPS) is 13.1. The highest BCUT2D eigenvalue weighted by Crippen LogP contribution is 2.39. The van der Waals surface area contributed by atoms with Crippen molar-refractivity contribution < 1.29 is 23.1 Å². The fraction of sp³-hybridized carbons (Fsp3) is 0.462. The smallest absolute Gasteiger partial charge is 0.418 e. The lowest BCUT2D eigenvalue weighted by molar-refractivity contribution is -0.138. The van der Waals surface area contributed by atoms with Crippen molar-refractivity contribution in [2.45, 2.75) is 32.5 Å². The molecule has 1 aromatic rings. The maximum Gasteiger partial charge on any atom is 0.418 e. The molecule has 0 aliphatic heterocycles. The maximum absolute atomic E-state index is 13.1. The van der Waals surface area contributed by atoms with E-state index in [9.17, 15) is 18.0 Å². The van der Waals surface area contributed by atoms with Gasteiger partial charge in [0.1, 0.15) is 6.54 Å². The molecule has 1 aromatic carbocycles. The molecule has 0 saturated carbocycles. The molecular weight excluding hydrogens is 339 g/mol. The second-order valence-electron chi connectivity index (χ2n) is 4.44. The van der Waals surface area contributed by atoms with Crippen LogP contribution in [0, 0.1) is 0 Å². The lowest BCUT2D eigenvalue weighted by Gasteiger charge is -2.31. The number of hydrogen-bond acceptors (Lipinski definition) is 2. The van der Waals surface area contributed by atoms with Crippen LogP contribution < -0.4 is 4.90 Å². The quantitative estimate of drug-likeness (QED) is 0.863. The lowest BCUT2D eigenvalue weighted by Crippen LogP contribution is -2.38. The molecule has 0 aliphatic rings. The average molecular weight is 354 g/mol. The third kappa shape index (κ3) is 4.13. The largest absolute Gasteiger partial charge is 0.480 e. The Morgan fingerprint density at radius 1 is 1.45 bits per heavy atom. The summed E-state index contributed by atoms with van der Waals surface area (Å²) in [6.45, 7) is 3.02. The minimum Gasteiger partial charge on any atom is -0.480 e. The number of carbonyl (C=O) groups is 1. The minimum atomic E-state index is -4.54. The molecule has 0 heterocycles. The highest BCUT2D eigenvalue weighted by atomic mass is 79.9. The van der Waals surface area contributed by atoms with Crippen LogP contribution >= 0.6 is 15.9 Å². The molecule has 0 radical (unpaired) electrons. The number of hydrogen-bond donors (Lipinski definition) is 1. The number of nitrogens with zero attached hydrogens (tertiary/aromatic N) is 1. The molecule has 0 amide bonds. The van der Waals surface area contributed by atoms with E-state index in [4.69, 9.17) is 5.11 Å². The maximum atomic E-state index is 13.1. The van der Waals surface area contributed by atoms with Gasteiger partial charge in [-0.1, -0.05) is 22.9 Å². The third-order valence-corrected chi connectivity index (χ3v) is 3.50. The third-order valence-electron chi connectivity index (χ3n) is 3.00. The number of halogens is 4. The van der Waals surface area contributed by atoms with Crippen molar-refractivity contribution in [3.63, 3.8) is 0 Å². The van der Waals surface area contributed by atoms with Gasteiger partial charge in [-0.25, -0.2) is 0 Å². The summed E-state index contributed by atoms with van der Waals surface area (Å²) in [7, 11) is 0. The van der Waals surface area contributed by atoms with Gasteiger partial charge in [0.05, 0.1) is 5.56 Å². The summed E-state index contributed by atoms with van der Waals surface area (Å²) < 4.78 is 39.6. The van der Waals surface area contributed by atoms with Crippen molar-refractivity contribution in [1.29, 1.82) is 0 Å². The van der Waals surface area contributed by atoms with E-state index in [1.165, 1.54) is 17.0 Å². The van der Waals surface area contributed by atoms with E-state index in [1.807, 2.05) is 0 Å². The molecule has 112 valence electrons. The SMILES string of the molecule is CCC(C)N(CC(=O)O)c1ccc(Br)cc1C(F)(F)F. The van der Waals surface area contributed by atoms with Crippen LogP contribution in [0.3, 0.4) is 0 Å². The van der Waals surface area contributed by atoms with Gasteiger partial charge in [0.2, 0.25) is 0 Å². The van der Waals surface area contributed by atoms with Gasteiger partial charge in [-0.05, 0) is 31.5 Å². The first-order valence-corrected chi connectivity index (χ1v) is 6.81. The number of carboxylic acids is 1. The van der Waals surface area contributed by atoms with E-state index in [0.717, 1.165) is 6.07 Å². The Bertz CT molecular complexity index is 491. The molecule has 0 aliphatic carbocycles. The summed E-state index contributed by atoms with van der Waals surface area (Å²) in [5.74, 6) is -1.17. The fourth-order valence-corrected chi connectivity index (χ4v) is 2.19. The number of rotatable bonds is 5. The Morgan fingerprint density at radius 2 is 2.05 bits per heavy atom. The van der Waals surface area contributed by atoms with Crippen LogP contribution in [0.25, 0.3) is 0 Å². The van der Waals surface area contributed by atoms with Gasteiger partial charge in [0, 0.05) is 16.2 Å². The molecule has 0 fully saturated rings. The van der Waals surface area contributed by atoms with Crippen LogP contribution in [0.2, 0.25) is 0 Å². The van der Waals surface area contributed by atoms with Crippen molar-refractivity contribution in [3.8, 4) is 0 Å². The summed E-state index contributed by atoms with van der Waals surface area (Å²) in [5.41, 5.74) is -0.953. The van der Waals surface area contributed by atoms with E-state index in [2.05, 4.69) is 15.9 Å². The molecule has 7 heteroatoms. The Morgan fingerprint density at radius 3 is 2.50 bits per heavy atom. The van der Waals surface area contributed by atoms with E-state index in [0.29, 0.717) is 10.9 Å². The minimum absolute atomic E-state index is 0.113. The zero-order valence-electron chi connectivity index (χ0n) is 11.0. The molecule has 1 unspecified atom stereocenters. The van der Waals surface area contributed by atoms with Crippen molar-refractivity contribution in [1.82, 2.24) is 0 Å². The van der Waals surface area contributed by atoms with E-state index >= 15 is 0 Å².